The fourth-order valence-corrected chi connectivity index (χ4v) is 2.04. The summed E-state index contributed by atoms with van der Waals surface area (Å²) in [7, 11) is 0. The van der Waals surface area contributed by atoms with E-state index in [9.17, 15) is 0 Å². The summed E-state index contributed by atoms with van der Waals surface area (Å²) < 4.78 is 0.974. The van der Waals surface area contributed by atoms with Crippen molar-refractivity contribution in [3.63, 3.8) is 0 Å². The zero-order chi connectivity index (χ0) is 10.8. The van der Waals surface area contributed by atoms with Crippen LogP contribution in [-0.2, 0) is 6.54 Å². The summed E-state index contributed by atoms with van der Waals surface area (Å²) in [4.78, 5) is 0. The molecule has 1 aromatic carbocycles. The van der Waals surface area contributed by atoms with E-state index in [0.717, 1.165) is 35.1 Å². The smallest absolute Gasteiger partial charge is 0.0461 e. The molecule has 0 saturated heterocycles. The van der Waals surface area contributed by atoms with Gasteiger partial charge in [0, 0.05) is 16.7 Å². The second-order valence-electron chi connectivity index (χ2n) is 4.46. The first-order valence-corrected chi connectivity index (χ1v) is 6.20. The third-order valence-electron chi connectivity index (χ3n) is 3.07. The van der Waals surface area contributed by atoms with Gasteiger partial charge in [-0.2, -0.15) is 0 Å². The number of hydrogen-bond donors (Lipinski definition) is 2. The van der Waals surface area contributed by atoms with Crippen LogP contribution in [0.15, 0.2) is 22.7 Å². The summed E-state index contributed by atoms with van der Waals surface area (Å²) in [5, 5.41) is 3.47. The number of anilines is 1. The van der Waals surface area contributed by atoms with Gasteiger partial charge in [-0.3, -0.25) is 0 Å². The highest BCUT2D eigenvalue weighted by Crippen LogP contribution is 2.36. The Bertz CT molecular complexity index is 351. The van der Waals surface area contributed by atoms with Gasteiger partial charge in [-0.15, -0.1) is 0 Å². The van der Waals surface area contributed by atoms with E-state index in [2.05, 4.69) is 34.2 Å². The molecule has 1 fully saturated rings. The molecule has 15 heavy (non-hydrogen) atoms. The lowest BCUT2D eigenvalue weighted by Crippen LogP contribution is -2.16. The van der Waals surface area contributed by atoms with Crippen LogP contribution in [0.4, 0.5) is 5.69 Å². The quantitative estimate of drug-likeness (QED) is 0.825. The topological polar surface area (TPSA) is 38.0 Å². The molecule has 2 atom stereocenters. The first-order chi connectivity index (χ1) is 7.16. The number of halogens is 1. The maximum atomic E-state index is 5.81. The Morgan fingerprint density at radius 2 is 2.27 bits per heavy atom. The average molecular weight is 269 g/mol. The molecule has 82 valence electrons. The van der Waals surface area contributed by atoms with Gasteiger partial charge in [-0.1, -0.05) is 13.0 Å². The first-order valence-electron chi connectivity index (χ1n) is 5.41. The zero-order valence-electron chi connectivity index (χ0n) is 8.96. The summed E-state index contributed by atoms with van der Waals surface area (Å²) in [5.74, 6) is 1.82. The number of nitrogens with two attached hydrogens (primary N) is 1. The average Bonchev–Trinajstić information content (AvgIpc) is 2.88. The van der Waals surface area contributed by atoms with Gasteiger partial charge in [0.05, 0.1) is 0 Å². The van der Waals surface area contributed by atoms with E-state index >= 15 is 0 Å². The molecule has 2 nitrogen and oxygen atoms in total. The SMILES string of the molecule is CC1CC1CNCc1ccc(Br)c(N)c1. The van der Waals surface area contributed by atoms with Crippen LogP contribution < -0.4 is 11.1 Å². The van der Waals surface area contributed by atoms with Crippen molar-refractivity contribution in [1.82, 2.24) is 5.32 Å². The molecule has 1 saturated carbocycles. The standard InChI is InChI=1S/C12H17BrN2/c1-8-4-10(8)7-15-6-9-2-3-11(13)12(14)5-9/h2-3,5,8,10,15H,4,6-7,14H2,1H3. The summed E-state index contributed by atoms with van der Waals surface area (Å²) >= 11 is 3.39. The number of nitrogen functional groups attached to an aromatic ring is 1. The van der Waals surface area contributed by atoms with Crippen LogP contribution in [0.2, 0.25) is 0 Å². The van der Waals surface area contributed by atoms with Crippen molar-refractivity contribution >= 4 is 21.6 Å². The second kappa shape index (κ2) is 4.54. The molecular weight excluding hydrogens is 252 g/mol. The molecule has 2 unspecified atom stereocenters. The lowest BCUT2D eigenvalue weighted by molar-refractivity contribution is 0.612. The predicted octanol–water partition coefficient (Wildman–Crippen LogP) is 2.78. The second-order valence-corrected chi connectivity index (χ2v) is 5.31. The number of benzene rings is 1. The van der Waals surface area contributed by atoms with Gasteiger partial charge in [-0.05, 0) is 58.4 Å². The minimum Gasteiger partial charge on any atom is -0.398 e. The normalized spacial score (nSPS) is 24.1. The lowest BCUT2D eigenvalue weighted by Gasteiger charge is -2.06. The highest BCUT2D eigenvalue weighted by Gasteiger charge is 2.31. The highest BCUT2D eigenvalue weighted by molar-refractivity contribution is 9.10. The van der Waals surface area contributed by atoms with Crippen molar-refractivity contribution in [3.05, 3.63) is 28.2 Å². The van der Waals surface area contributed by atoms with Gasteiger partial charge in [0.15, 0.2) is 0 Å². The van der Waals surface area contributed by atoms with Gasteiger partial charge in [0.25, 0.3) is 0 Å². The van der Waals surface area contributed by atoms with E-state index in [4.69, 9.17) is 5.73 Å². The predicted molar refractivity (Wildman–Crippen MR) is 67.5 cm³/mol. The molecule has 3 heteroatoms. The molecule has 0 heterocycles. The van der Waals surface area contributed by atoms with Crippen molar-refractivity contribution in [2.24, 2.45) is 11.8 Å². The van der Waals surface area contributed by atoms with E-state index in [0.29, 0.717) is 0 Å². The monoisotopic (exact) mass is 268 g/mol. The van der Waals surface area contributed by atoms with Crippen molar-refractivity contribution in [2.45, 2.75) is 19.9 Å². The highest BCUT2D eigenvalue weighted by atomic mass is 79.9. The first kappa shape index (κ1) is 11.0. The molecule has 1 aliphatic rings. The third kappa shape index (κ3) is 2.95. The number of hydrogen-bond acceptors (Lipinski definition) is 2. The molecule has 0 bridgehead atoms. The molecule has 0 radical (unpaired) electrons. The Labute approximate surface area is 99.4 Å². The minimum atomic E-state index is 0.814. The molecular formula is C12H17BrN2. The fourth-order valence-electron chi connectivity index (χ4n) is 1.79. The van der Waals surface area contributed by atoms with E-state index in [1.165, 1.54) is 12.0 Å². The van der Waals surface area contributed by atoms with E-state index < -0.39 is 0 Å². The summed E-state index contributed by atoms with van der Waals surface area (Å²) in [5.41, 5.74) is 7.88. The van der Waals surface area contributed by atoms with Gasteiger partial charge < -0.3 is 11.1 Å². The van der Waals surface area contributed by atoms with Crippen molar-refractivity contribution in [3.8, 4) is 0 Å². The lowest BCUT2D eigenvalue weighted by atomic mass is 10.2. The number of nitrogens with one attached hydrogen (secondary N) is 1. The van der Waals surface area contributed by atoms with Gasteiger partial charge in [-0.25, -0.2) is 0 Å². The van der Waals surface area contributed by atoms with Gasteiger partial charge in [0.1, 0.15) is 0 Å². The Balaban J connectivity index is 1.80. The van der Waals surface area contributed by atoms with E-state index in [1.54, 1.807) is 0 Å². The van der Waals surface area contributed by atoms with Crippen molar-refractivity contribution in [1.29, 1.82) is 0 Å². The van der Waals surface area contributed by atoms with Crippen LogP contribution in [0, 0.1) is 11.8 Å². The molecule has 3 N–H and O–H groups in total. The summed E-state index contributed by atoms with van der Waals surface area (Å²) in [6.07, 6.45) is 1.38. The van der Waals surface area contributed by atoms with Crippen molar-refractivity contribution < 1.29 is 0 Å². The van der Waals surface area contributed by atoms with Crippen LogP contribution in [0.25, 0.3) is 0 Å². The number of rotatable bonds is 4. The molecule has 0 aromatic heterocycles. The van der Waals surface area contributed by atoms with Crippen LogP contribution in [0.5, 0.6) is 0 Å². The minimum absolute atomic E-state index is 0.814. The Kier molecular flexibility index (Phi) is 3.32. The van der Waals surface area contributed by atoms with Crippen molar-refractivity contribution in [2.75, 3.05) is 12.3 Å². The molecule has 1 aromatic rings. The van der Waals surface area contributed by atoms with Crippen LogP contribution >= 0.6 is 15.9 Å². The third-order valence-corrected chi connectivity index (χ3v) is 3.79. The molecule has 0 amide bonds. The van der Waals surface area contributed by atoms with Crippen LogP contribution in [-0.4, -0.2) is 6.54 Å². The Morgan fingerprint density at radius 1 is 1.53 bits per heavy atom. The Hall–Kier alpha value is -0.540. The largest absolute Gasteiger partial charge is 0.398 e. The van der Waals surface area contributed by atoms with Gasteiger partial charge in [0.2, 0.25) is 0 Å². The molecule has 0 spiro atoms. The molecule has 2 rings (SSSR count). The van der Waals surface area contributed by atoms with Crippen LogP contribution in [0.3, 0.4) is 0 Å². The Morgan fingerprint density at radius 3 is 2.87 bits per heavy atom. The molecule has 1 aliphatic carbocycles. The maximum absolute atomic E-state index is 5.81. The fraction of sp³-hybridized carbons (Fsp3) is 0.500. The molecule has 0 aliphatic heterocycles. The maximum Gasteiger partial charge on any atom is 0.0461 e. The van der Waals surface area contributed by atoms with E-state index in [1.807, 2.05) is 12.1 Å². The van der Waals surface area contributed by atoms with E-state index in [-0.39, 0.29) is 0 Å². The van der Waals surface area contributed by atoms with Gasteiger partial charge >= 0.3 is 0 Å². The summed E-state index contributed by atoms with van der Waals surface area (Å²) in [6, 6.07) is 6.13. The summed E-state index contributed by atoms with van der Waals surface area (Å²) in [6.45, 7) is 4.36. The zero-order valence-corrected chi connectivity index (χ0v) is 10.5. The van der Waals surface area contributed by atoms with Crippen LogP contribution in [0.1, 0.15) is 18.9 Å².